The van der Waals surface area contributed by atoms with Crippen LogP contribution in [0.2, 0.25) is 5.02 Å². The Bertz CT molecular complexity index is 619. The van der Waals surface area contributed by atoms with Crippen molar-refractivity contribution in [2.24, 2.45) is 0 Å². The molecule has 0 fully saturated rings. The Kier molecular flexibility index (Phi) is 5.54. The quantitative estimate of drug-likeness (QED) is 0.840. The van der Waals surface area contributed by atoms with E-state index in [1.807, 2.05) is 6.07 Å². The van der Waals surface area contributed by atoms with Gasteiger partial charge in [0, 0.05) is 11.6 Å². The van der Waals surface area contributed by atoms with E-state index < -0.39 is 15.6 Å². The third-order valence-electron chi connectivity index (χ3n) is 3.26. The molecule has 0 saturated heterocycles. The maximum absolute atomic E-state index is 12.2. The van der Waals surface area contributed by atoms with Crippen LogP contribution >= 0.6 is 11.6 Å². The smallest absolute Gasteiger partial charge is 0.242 e. The van der Waals surface area contributed by atoms with E-state index in [-0.39, 0.29) is 22.0 Å². The van der Waals surface area contributed by atoms with E-state index in [1.54, 1.807) is 13.8 Å². The van der Waals surface area contributed by atoms with Crippen LogP contribution in [0.15, 0.2) is 23.1 Å². The average Bonchev–Trinajstić information content (AvgIpc) is 2.45. The van der Waals surface area contributed by atoms with Crippen molar-refractivity contribution in [2.75, 3.05) is 6.54 Å². The summed E-state index contributed by atoms with van der Waals surface area (Å²) < 4.78 is 26.8. The molecule has 0 radical (unpaired) electrons. The fraction of sp³-hybridized carbons (Fsp3) is 0.462. The van der Waals surface area contributed by atoms with Gasteiger partial charge in [-0.1, -0.05) is 25.4 Å². The average molecular weight is 317 g/mol. The van der Waals surface area contributed by atoms with Gasteiger partial charge in [0.1, 0.15) is 11.0 Å². The van der Waals surface area contributed by atoms with Gasteiger partial charge in [-0.05, 0) is 31.0 Å². The Balaban J connectivity index is 3.07. The van der Waals surface area contributed by atoms with Gasteiger partial charge >= 0.3 is 0 Å². The summed E-state index contributed by atoms with van der Waals surface area (Å²) in [6.45, 7) is 3.44. The minimum Gasteiger partial charge on any atom is -0.389 e. The monoisotopic (exact) mass is 316 g/mol. The van der Waals surface area contributed by atoms with Gasteiger partial charge in [-0.15, -0.1) is 0 Å². The summed E-state index contributed by atoms with van der Waals surface area (Å²) in [5.74, 6) is 0. The number of nitrogens with one attached hydrogen (secondary N) is 1. The molecular weight excluding hydrogens is 300 g/mol. The molecule has 0 spiro atoms. The molecule has 0 saturated carbocycles. The van der Waals surface area contributed by atoms with Gasteiger partial charge in [0.2, 0.25) is 10.0 Å². The lowest BCUT2D eigenvalue weighted by Gasteiger charge is -2.25. The van der Waals surface area contributed by atoms with Crippen LogP contribution in [-0.4, -0.2) is 25.7 Å². The Morgan fingerprint density at radius 3 is 2.50 bits per heavy atom. The van der Waals surface area contributed by atoms with Crippen molar-refractivity contribution in [3.8, 4) is 6.07 Å². The van der Waals surface area contributed by atoms with Crippen molar-refractivity contribution in [2.45, 2.75) is 37.2 Å². The minimum atomic E-state index is -3.90. The van der Waals surface area contributed by atoms with Crippen molar-refractivity contribution < 1.29 is 13.5 Å². The molecule has 0 aliphatic rings. The Morgan fingerprint density at radius 2 is 2.00 bits per heavy atom. The third kappa shape index (κ3) is 3.93. The van der Waals surface area contributed by atoms with E-state index in [4.69, 9.17) is 16.9 Å². The van der Waals surface area contributed by atoms with Gasteiger partial charge in [-0.2, -0.15) is 5.26 Å². The largest absolute Gasteiger partial charge is 0.389 e. The van der Waals surface area contributed by atoms with E-state index in [2.05, 4.69) is 4.72 Å². The van der Waals surface area contributed by atoms with E-state index in [0.717, 1.165) is 0 Å². The van der Waals surface area contributed by atoms with Crippen LogP contribution in [0.3, 0.4) is 0 Å². The Hall–Kier alpha value is -1.13. The normalized spacial score (nSPS) is 12.2. The molecule has 5 nitrogen and oxygen atoms in total. The van der Waals surface area contributed by atoms with Crippen LogP contribution in [0.1, 0.15) is 32.3 Å². The molecule has 0 amide bonds. The molecule has 1 aromatic rings. The molecule has 0 aliphatic carbocycles. The van der Waals surface area contributed by atoms with Crippen LogP contribution in [0, 0.1) is 11.3 Å². The maximum atomic E-state index is 12.2. The van der Waals surface area contributed by atoms with E-state index in [9.17, 15) is 13.5 Å². The first-order valence-corrected chi connectivity index (χ1v) is 8.06. The Morgan fingerprint density at radius 1 is 1.40 bits per heavy atom. The van der Waals surface area contributed by atoms with E-state index in [1.165, 1.54) is 18.2 Å². The lowest BCUT2D eigenvalue weighted by Crippen LogP contribution is -2.42. The van der Waals surface area contributed by atoms with Gasteiger partial charge in [-0.25, -0.2) is 13.1 Å². The van der Waals surface area contributed by atoms with Gasteiger partial charge in [0.05, 0.1) is 11.2 Å². The van der Waals surface area contributed by atoms with Gasteiger partial charge in [-0.3, -0.25) is 0 Å². The summed E-state index contributed by atoms with van der Waals surface area (Å²) in [4.78, 5) is -0.179. The van der Waals surface area contributed by atoms with E-state index >= 15 is 0 Å². The van der Waals surface area contributed by atoms with Crippen LogP contribution in [0.25, 0.3) is 0 Å². The summed E-state index contributed by atoms with van der Waals surface area (Å²) in [5.41, 5.74) is -1.09. The van der Waals surface area contributed by atoms with Crippen molar-refractivity contribution in [3.05, 3.63) is 28.8 Å². The SMILES string of the molecule is CCC(O)(CC)CNS(=O)(=O)c1cc(Cl)ccc1C#N. The topological polar surface area (TPSA) is 90.2 Å². The van der Waals surface area contributed by atoms with Gasteiger partial charge < -0.3 is 5.11 Å². The number of rotatable bonds is 6. The summed E-state index contributed by atoms with van der Waals surface area (Å²) in [5, 5.41) is 19.3. The fourth-order valence-corrected chi connectivity index (χ4v) is 3.15. The van der Waals surface area contributed by atoms with Gasteiger partial charge in [0.15, 0.2) is 0 Å². The zero-order chi connectivity index (χ0) is 15.4. The molecule has 2 N–H and O–H groups in total. The van der Waals surface area contributed by atoms with Crippen molar-refractivity contribution in [3.63, 3.8) is 0 Å². The first kappa shape index (κ1) is 16.9. The molecular formula is C13H17ClN2O3S. The first-order valence-electron chi connectivity index (χ1n) is 6.19. The number of hydrogen-bond acceptors (Lipinski definition) is 4. The second-order valence-corrected chi connectivity index (χ2v) is 6.68. The van der Waals surface area contributed by atoms with Crippen molar-refractivity contribution in [1.82, 2.24) is 4.72 Å². The Labute approximate surface area is 124 Å². The molecule has 110 valence electrons. The lowest BCUT2D eigenvalue weighted by atomic mass is 9.98. The highest BCUT2D eigenvalue weighted by Gasteiger charge is 2.26. The zero-order valence-corrected chi connectivity index (χ0v) is 12.9. The predicted molar refractivity (Wildman–Crippen MR) is 76.9 cm³/mol. The predicted octanol–water partition coefficient (Wildman–Crippen LogP) is 2.04. The van der Waals surface area contributed by atoms with Crippen molar-refractivity contribution in [1.29, 1.82) is 5.26 Å². The van der Waals surface area contributed by atoms with Gasteiger partial charge in [0.25, 0.3) is 0 Å². The van der Waals surface area contributed by atoms with Crippen LogP contribution in [0.4, 0.5) is 0 Å². The molecule has 1 rings (SSSR count). The minimum absolute atomic E-state index is 0.0124. The number of benzene rings is 1. The molecule has 0 atom stereocenters. The molecule has 0 bridgehead atoms. The summed E-state index contributed by atoms with van der Waals surface area (Å²) >= 11 is 5.77. The van der Waals surface area contributed by atoms with Crippen LogP contribution in [-0.2, 0) is 10.0 Å². The molecule has 0 aromatic heterocycles. The first-order chi connectivity index (χ1) is 9.28. The molecule has 0 aliphatic heterocycles. The number of halogens is 1. The van der Waals surface area contributed by atoms with Crippen molar-refractivity contribution >= 4 is 21.6 Å². The lowest BCUT2D eigenvalue weighted by molar-refractivity contribution is 0.0377. The fourth-order valence-electron chi connectivity index (χ4n) is 1.62. The molecule has 7 heteroatoms. The number of aliphatic hydroxyl groups is 1. The number of sulfonamides is 1. The molecule has 0 heterocycles. The second-order valence-electron chi connectivity index (χ2n) is 4.51. The molecule has 0 unspecified atom stereocenters. The maximum Gasteiger partial charge on any atom is 0.242 e. The number of nitriles is 1. The van der Waals surface area contributed by atoms with E-state index in [0.29, 0.717) is 12.8 Å². The zero-order valence-electron chi connectivity index (χ0n) is 11.4. The second kappa shape index (κ2) is 6.55. The van der Waals surface area contributed by atoms with Crippen LogP contribution < -0.4 is 4.72 Å². The summed E-state index contributed by atoms with van der Waals surface area (Å²) in [7, 11) is -3.90. The highest BCUT2D eigenvalue weighted by Crippen LogP contribution is 2.21. The standard InChI is InChI=1S/C13H17ClN2O3S/c1-3-13(17,4-2)9-16-20(18,19)12-7-11(14)6-5-10(12)8-15/h5-7,16-17H,3-4,9H2,1-2H3. The number of hydrogen-bond donors (Lipinski definition) is 2. The highest BCUT2D eigenvalue weighted by molar-refractivity contribution is 7.89. The summed E-state index contributed by atoms with van der Waals surface area (Å²) in [6.07, 6.45) is 0.847. The van der Waals surface area contributed by atoms with Crippen LogP contribution in [0.5, 0.6) is 0 Å². The molecule has 1 aromatic carbocycles. The highest BCUT2D eigenvalue weighted by atomic mass is 35.5. The summed E-state index contributed by atoms with van der Waals surface area (Å²) in [6, 6.07) is 5.84. The molecule has 20 heavy (non-hydrogen) atoms. The third-order valence-corrected chi connectivity index (χ3v) is 4.94. The number of nitrogens with zero attached hydrogens (tertiary/aromatic N) is 1.